The van der Waals surface area contributed by atoms with Crippen molar-refractivity contribution in [2.75, 3.05) is 19.7 Å². The molecule has 1 fully saturated rings. The molecule has 1 spiro atoms. The summed E-state index contributed by atoms with van der Waals surface area (Å²) in [5.41, 5.74) is 1.69. The maximum Gasteiger partial charge on any atom is 0.573 e. The highest BCUT2D eigenvalue weighted by Gasteiger charge is 2.52. The molecule has 1 aromatic carbocycles. The van der Waals surface area contributed by atoms with Crippen LogP contribution in [0.3, 0.4) is 0 Å². The molecule has 0 aromatic heterocycles. The largest absolute Gasteiger partial charge is 0.573 e. The normalized spacial score (nSPS) is 23.4. The van der Waals surface area contributed by atoms with Crippen LogP contribution in [0.4, 0.5) is 13.2 Å². The Hall–Kier alpha value is -3.75. The molecular weight excluding hydrogens is 449 g/mol. The first-order valence-electron chi connectivity index (χ1n) is 10.8. The van der Waals surface area contributed by atoms with Crippen molar-refractivity contribution in [3.63, 3.8) is 0 Å². The van der Waals surface area contributed by atoms with Gasteiger partial charge in [-0.2, -0.15) is 0 Å². The van der Waals surface area contributed by atoms with Crippen molar-refractivity contribution < 1.29 is 32.2 Å². The summed E-state index contributed by atoms with van der Waals surface area (Å²) < 4.78 is 46.1. The molecule has 2 aliphatic heterocycles. The van der Waals surface area contributed by atoms with Gasteiger partial charge in [-0.25, -0.2) is 4.79 Å². The highest BCUT2D eigenvalue weighted by Crippen LogP contribution is 2.51. The second kappa shape index (κ2) is 9.24. The van der Waals surface area contributed by atoms with Gasteiger partial charge in [-0.15, -0.1) is 13.2 Å². The van der Waals surface area contributed by atoms with Crippen molar-refractivity contribution in [3.05, 3.63) is 83.3 Å². The number of benzene rings is 1. The lowest BCUT2D eigenvalue weighted by Gasteiger charge is -2.34. The van der Waals surface area contributed by atoms with E-state index in [4.69, 9.17) is 4.74 Å². The number of alkyl halides is 3. The zero-order valence-corrected chi connectivity index (χ0v) is 18.3. The number of esters is 1. The lowest BCUT2D eigenvalue weighted by molar-refractivity contribution is -0.274. The van der Waals surface area contributed by atoms with E-state index in [9.17, 15) is 22.8 Å². The standard InChI is InChI=1S/C25H23F3N2O4/c1-2-33-23(32)20-14-24-17(12-13-29-20)4-3-5-22(24)30-15-19(24)21(31)11-8-16-6-9-18(10-7-16)34-25(26,27)28/h3-12,14,19,29-30H,2,13,15H2,1H3/b11-8+. The van der Waals surface area contributed by atoms with Crippen LogP contribution in [0.15, 0.2) is 77.7 Å². The molecule has 178 valence electrons. The summed E-state index contributed by atoms with van der Waals surface area (Å²) in [4.78, 5) is 25.8. The Morgan fingerprint density at radius 1 is 1.21 bits per heavy atom. The minimum absolute atomic E-state index is 0.186. The minimum Gasteiger partial charge on any atom is -0.461 e. The molecule has 1 aliphatic carbocycles. The summed E-state index contributed by atoms with van der Waals surface area (Å²) in [6.07, 6.45) is 7.60. The summed E-state index contributed by atoms with van der Waals surface area (Å²) in [5, 5.41) is 6.36. The Kier molecular flexibility index (Phi) is 6.37. The third kappa shape index (κ3) is 4.64. The molecule has 0 bridgehead atoms. The third-order valence-corrected chi connectivity index (χ3v) is 5.89. The number of rotatable bonds is 6. The van der Waals surface area contributed by atoms with Gasteiger partial charge in [0.25, 0.3) is 0 Å². The first-order valence-corrected chi connectivity index (χ1v) is 10.8. The Balaban J connectivity index is 1.61. The number of carbonyl (C=O) groups is 2. The van der Waals surface area contributed by atoms with Gasteiger partial charge < -0.3 is 20.1 Å². The van der Waals surface area contributed by atoms with Crippen LogP contribution in [0.25, 0.3) is 6.08 Å². The number of ether oxygens (including phenoxy) is 2. The number of allylic oxidation sites excluding steroid dienone is 5. The van der Waals surface area contributed by atoms with Crippen LogP contribution in [-0.2, 0) is 14.3 Å². The van der Waals surface area contributed by atoms with E-state index < -0.39 is 23.7 Å². The predicted octanol–water partition coefficient (Wildman–Crippen LogP) is 3.80. The van der Waals surface area contributed by atoms with Crippen LogP contribution in [0.1, 0.15) is 12.5 Å². The van der Waals surface area contributed by atoms with E-state index in [1.54, 1.807) is 19.1 Å². The van der Waals surface area contributed by atoms with Crippen molar-refractivity contribution >= 4 is 17.8 Å². The SMILES string of the molecule is CCOC(=O)C1=CC23C(=CCN1)C=CC=C2NCC3C(=O)/C=C/c1ccc(OC(F)(F)F)cc1. The van der Waals surface area contributed by atoms with E-state index in [0.717, 1.165) is 11.3 Å². The molecule has 1 aromatic rings. The van der Waals surface area contributed by atoms with Crippen LogP contribution < -0.4 is 15.4 Å². The van der Waals surface area contributed by atoms with Crippen molar-refractivity contribution in [1.29, 1.82) is 0 Å². The molecule has 0 amide bonds. The zero-order chi connectivity index (χ0) is 24.3. The summed E-state index contributed by atoms with van der Waals surface area (Å²) >= 11 is 0. The molecule has 2 unspecified atom stereocenters. The molecule has 6 nitrogen and oxygen atoms in total. The van der Waals surface area contributed by atoms with E-state index >= 15 is 0 Å². The van der Waals surface area contributed by atoms with Crippen LogP contribution in [0.5, 0.6) is 5.75 Å². The van der Waals surface area contributed by atoms with Crippen molar-refractivity contribution in [2.24, 2.45) is 11.3 Å². The highest BCUT2D eigenvalue weighted by molar-refractivity contribution is 5.98. The molecule has 4 rings (SSSR count). The molecule has 3 aliphatic rings. The maximum atomic E-state index is 13.3. The Morgan fingerprint density at radius 3 is 2.68 bits per heavy atom. The van der Waals surface area contributed by atoms with E-state index in [0.29, 0.717) is 24.4 Å². The van der Waals surface area contributed by atoms with E-state index in [1.807, 2.05) is 24.3 Å². The fraction of sp³-hybridized carbons (Fsp3) is 0.280. The average Bonchev–Trinajstić information content (AvgIpc) is 3.04. The van der Waals surface area contributed by atoms with Gasteiger partial charge in [-0.05, 0) is 48.4 Å². The topological polar surface area (TPSA) is 76.7 Å². The van der Waals surface area contributed by atoms with E-state index in [-0.39, 0.29) is 18.1 Å². The van der Waals surface area contributed by atoms with Crippen molar-refractivity contribution in [2.45, 2.75) is 13.3 Å². The van der Waals surface area contributed by atoms with E-state index in [1.165, 1.54) is 30.3 Å². The number of hydrogen-bond donors (Lipinski definition) is 2. The number of halogens is 3. The van der Waals surface area contributed by atoms with Crippen molar-refractivity contribution in [3.8, 4) is 5.75 Å². The molecular formula is C25H23F3N2O4. The van der Waals surface area contributed by atoms with Crippen LogP contribution >= 0.6 is 0 Å². The first-order chi connectivity index (χ1) is 16.2. The predicted molar refractivity (Wildman–Crippen MR) is 119 cm³/mol. The van der Waals surface area contributed by atoms with Gasteiger partial charge in [-0.1, -0.05) is 36.4 Å². The Labute approximate surface area is 194 Å². The molecule has 1 saturated heterocycles. The molecule has 9 heteroatoms. The summed E-state index contributed by atoms with van der Waals surface area (Å²) in [5.74, 6) is -1.55. The van der Waals surface area contributed by atoms with Crippen LogP contribution in [0.2, 0.25) is 0 Å². The van der Waals surface area contributed by atoms with E-state index in [2.05, 4.69) is 15.4 Å². The van der Waals surface area contributed by atoms with Gasteiger partial charge in [0, 0.05) is 18.8 Å². The average molecular weight is 472 g/mol. The smallest absolute Gasteiger partial charge is 0.461 e. The van der Waals surface area contributed by atoms with Gasteiger partial charge >= 0.3 is 12.3 Å². The van der Waals surface area contributed by atoms with Gasteiger partial charge in [0.1, 0.15) is 11.4 Å². The maximum absolute atomic E-state index is 13.3. The van der Waals surface area contributed by atoms with Crippen molar-refractivity contribution in [1.82, 2.24) is 10.6 Å². The van der Waals surface area contributed by atoms with Crippen LogP contribution in [0, 0.1) is 11.3 Å². The number of hydrogen-bond acceptors (Lipinski definition) is 6. The first kappa shape index (κ1) is 23.4. The molecule has 34 heavy (non-hydrogen) atoms. The number of carbonyl (C=O) groups excluding carboxylic acids is 2. The lowest BCUT2D eigenvalue weighted by atomic mass is 9.66. The second-order valence-corrected chi connectivity index (χ2v) is 7.91. The van der Waals surface area contributed by atoms with Gasteiger partial charge in [0.15, 0.2) is 5.78 Å². The van der Waals surface area contributed by atoms with Gasteiger partial charge in [-0.3, -0.25) is 4.79 Å². The number of nitrogens with one attached hydrogen (secondary N) is 2. The molecule has 2 heterocycles. The fourth-order valence-corrected chi connectivity index (χ4v) is 4.43. The summed E-state index contributed by atoms with van der Waals surface area (Å²) in [6, 6.07) is 5.24. The third-order valence-electron chi connectivity index (χ3n) is 5.89. The Bertz CT molecular complexity index is 1130. The fourth-order valence-electron chi connectivity index (χ4n) is 4.43. The second-order valence-electron chi connectivity index (χ2n) is 7.91. The van der Waals surface area contributed by atoms with Gasteiger partial charge in [0.2, 0.25) is 0 Å². The minimum atomic E-state index is -4.77. The summed E-state index contributed by atoms with van der Waals surface area (Å²) in [7, 11) is 0. The number of ketones is 1. The van der Waals surface area contributed by atoms with Gasteiger partial charge in [0.05, 0.1) is 17.9 Å². The summed E-state index contributed by atoms with van der Waals surface area (Å²) in [6.45, 7) is 2.72. The lowest BCUT2D eigenvalue weighted by Crippen LogP contribution is -2.35. The molecule has 0 radical (unpaired) electrons. The highest BCUT2D eigenvalue weighted by atomic mass is 19.4. The van der Waals surface area contributed by atoms with Crippen LogP contribution in [-0.4, -0.2) is 37.8 Å². The molecule has 0 saturated carbocycles. The zero-order valence-electron chi connectivity index (χ0n) is 18.3. The molecule has 2 atom stereocenters. The monoisotopic (exact) mass is 472 g/mol. The molecule has 2 N–H and O–H groups in total. The quantitative estimate of drug-likeness (QED) is 0.485. The Morgan fingerprint density at radius 2 is 1.97 bits per heavy atom.